The molecule has 1 aliphatic heterocycles. The lowest BCUT2D eigenvalue weighted by Crippen LogP contribution is -2.28. The number of carbonyl (C=O) groups excluding carboxylic acids is 2. The Hall–Kier alpha value is -3.49. The maximum atomic E-state index is 12.7. The van der Waals surface area contributed by atoms with Crippen molar-refractivity contribution < 1.29 is 9.59 Å². The van der Waals surface area contributed by atoms with Gasteiger partial charge in [0.1, 0.15) is 5.37 Å². The second-order valence-corrected chi connectivity index (χ2v) is 9.01. The van der Waals surface area contributed by atoms with Crippen molar-refractivity contribution in [3.63, 3.8) is 0 Å². The number of amides is 2. The molecule has 0 bridgehead atoms. The fraction of sp³-hybridized carbons (Fsp3) is 0.214. The van der Waals surface area contributed by atoms with Crippen LogP contribution in [0.2, 0.25) is 0 Å². The fourth-order valence-electron chi connectivity index (χ4n) is 3.93. The van der Waals surface area contributed by atoms with Gasteiger partial charge >= 0.3 is 0 Å². The highest BCUT2D eigenvalue weighted by atomic mass is 32.2. The minimum Gasteiger partial charge on any atom is -0.352 e. The smallest absolute Gasteiger partial charge is 0.251 e. The van der Waals surface area contributed by atoms with Crippen LogP contribution in [0.15, 0.2) is 78.9 Å². The standard InChI is InChI=1S/C28H26N2O2S/c1-2-21-13-8-16-25(18-21)30-26(31)20-33-28(30)24-15-9-14-23(19-24)27(32)29-17-7-6-12-22-10-4-3-5-11-22/h1,3-5,8-11,13-16,18-19,28H,6-7,12,17,20H2,(H,29,32). The molecule has 2 amide bonds. The van der Waals surface area contributed by atoms with Crippen LogP contribution >= 0.6 is 11.8 Å². The number of benzene rings is 3. The first-order valence-electron chi connectivity index (χ1n) is 11.1. The summed E-state index contributed by atoms with van der Waals surface area (Å²) in [6.07, 6.45) is 8.49. The molecule has 0 radical (unpaired) electrons. The highest BCUT2D eigenvalue weighted by Crippen LogP contribution is 2.42. The van der Waals surface area contributed by atoms with Gasteiger partial charge < -0.3 is 5.32 Å². The Kier molecular flexibility index (Phi) is 7.49. The molecular weight excluding hydrogens is 428 g/mol. The topological polar surface area (TPSA) is 49.4 Å². The maximum absolute atomic E-state index is 12.7. The number of hydrogen-bond acceptors (Lipinski definition) is 3. The summed E-state index contributed by atoms with van der Waals surface area (Å²) in [5.74, 6) is 2.96. The van der Waals surface area contributed by atoms with Crippen LogP contribution in [-0.4, -0.2) is 24.1 Å². The molecule has 5 heteroatoms. The molecule has 1 heterocycles. The Morgan fingerprint density at radius 3 is 2.67 bits per heavy atom. The Labute approximate surface area is 199 Å². The van der Waals surface area contributed by atoms with Crippen LogP contribution in [-0.2, 0) is 11.2 Å². The predicted molar refractivity (Wildman–Crippen MR) is 135 cm³/mol. The molecule has 0 saturated carbocycles. The van der Waals surface area contributed by atoms with E-state index in [1.165, 1.54) is 5.56 Å². The molecule has 166 valence electrons. The number of nitrogens with zero attached hydrogens (tertiary/aromatic N) is 1. The van der Waals surface area contributed by atoms with Crippen molar-refractivity contribution in [2.24, 2.45) is 0 Å². The summed E-state index contributed by atoms with van der Waals surface area (Å²) < 4.78 is 0. The second kappa shape index (κ2) is 10.9. The number of hydrogen-bond donors (Lipinski definition) is 1. The highest BCUT2D eigenvalue weighted by Gasteiger charge is 2.34. The number of thioether (sulfide) groups is 1. The van der Waals surface area contributed by atoms with Crippen molar-refractivity contribution in [3.8, 4) is 12.3 Å². The van der Waals surface area contributed by atoms with Gasteiger partial charge in [0.05, 0.1) is 5.75 Å². The van der Waals surface area contributed by atoms with Gasteiger partial charge in [-0.1, -0.05) is 54.5 Å². The van der Waals surface area contributed by atoms with Gasteiger partial charge in [0, 0.05) is 23.4 Å². The van der Waals surface area contributed by atoms with Crippen LogP contribution in [0.4, 0.5) is 5.69 Å². The third kappa shape index (κ3) is 5.66. The van der Waals surface area contributed by atoms with E-state index in [1.54, 1.807) is 16.7 Å². The van der Waals surface area contributed by atoms with Crippen molar-refractivity contribution >= 4 is 29.3 Å². The van der Waals surface area contributed by atoms with E-state index >= 15 is 0 Å². The summed E-state index contributed by atoms with van der Waals surface area (Å²) in [5.41, 5.74) is 4.36. The van der Waals surface area contributed by atoms with Gasteiger partial charge in [-0.3, -0.25) is 14.5 Å². The Balaban J connectivity index is 1.38. The Bertz CT molecular complexity index is 1170. The molecule has 1 unspecified atom stereocenters. The quantitative estimate of drug-likeness (QED) is 0.376. The van der Waals surface area contributed by atoms with Gasteiger partial charge in [0.2, 0.25) is 5.91 Å². The van der Waals surface area contributed by atoms with Crippen molar-refractivity contribution in [2.75, 3.05) is 17.2 Å². The largest absolute Gasteiger partial charge is 0.352 e. The van der Waals surface area contributed by atoms with E-state index in [4.69, 9.17) is 6.42 Å². The lowest BCUT2D eigenvalue weighted by Gasteiger charge is -2.25. The Morgan fingerprint density at radius 2 is 1.85 bits per heavy atom. The lowest BCUT2D eigenvalue weighted by atomic mass is 10.1. The van der Waals surface area contributed by atoms with E-state index in [0.29, 0.717) is 17.9 Å². The molecule has 1 fully saturated rings. The fourth-order valence-corrected chi connectivity index (χ4v) is 5.10. The monoisotopic (exact) mass is 454 g/mol. The molecule has 0 aliphatic carbocycles. The molecule has 1 saturated heterocycles. The van der Waals surface area contributed by atoms with Crippen molar-refractivity contribution in [1.29, 1.82) is 0 Å². The van der Waals surface area contributed by atoms with E-state index in [9.17, 15) is 9.59 Å². The third-order valence-corrected chi connectivity index (χ3v) is 6.83. The lowest BCUT2D eigenvalue weighted by molar-refractivity contribution is -0.115. The summed E-state index contributed by atoms with van der Waals surface area (Å²) in [6.45, 7) is 0.636. The molecule has 3 aromatic rings. The molecule has 4 nitrogen and oxygen atoms in total. The van der Waals surface area contributed by atoms with Crippen LogP contribution in [0.5, 0.6) is 0 Å². The number of carbonyl (C=O) groups is 2. The van der Waals surface area contributed by atoms with Crippen LogP contribution in [0, 0.1) is 12.3 Å². The number of nitrogens with one attached hydrogen (secondary N) is 1. The molecule has 1 atom stereocenters. The number of unbranched alkanes of at least 4 members (excludes halogenated alkanes) is 1. The van der Waals surface area contributed by atoms with Gasteiger partial charge in [-0.15, -0.1) is 18.2 Å². The van der Waals surface area contributed by atoms with Crippen LogP contribution in [0.3, 0.4) is 0 Å². The minimum atomic E-state index is -0.191. The maximum Gasteiger partial charge on any atom is 0.251 e. The predicted octanol–water partition coefficient (Wildman–Crippen LogP) is 5.20. The first kappa shape index (κ1) is 22.7. The van der Waals surface area contributed by atoms with E-state index in [2.05, 4.69) is 23.4 Å². The number of aryl methyl sites for hydroxylation is 1. The molecule has 1 N–H and O–H groups in total. The normalized spacial score (nSPS) is 15.3. The van der Waals surface area contributed by atoms with E-state index in [-0.39, 0.29) is 17.2 Å². The number of anilines is 1. The van der Waals surface area contributed by atoms with Gasteiger partial charge in [-0.2, -0.15) is 0 Å². The SMILES string of the molecule is C#Cc1cccc(N2C(=O)CSC2c2cccc(C(=O)NCCCCc3ccccc3)c2)c1. The summed E-state index contributed by atoms with van der Waals surface area (Å²) in [5, 5.41) is 2.83. The van der Waals surface area contributed by atoms with E-state index in [1.807, 2.05) is 66.7 Å². The first-order valence-corrected chi connectivity index (χ1v) is 12.1. The van der Waals surface area contributed by atoms with Crippen LogP contribution < -0.4 is 10.2 Å². The van der Waals surface area contributed by atoms with Crippen LogP contribution in [0.25, 0.3) is 0 Å². The van der Waals surface area contributed by atoms with Gasteiger partial charge in [0.25, 0.3) is 5.91 Å². The summed E-state index contributed by atoms with van der Waals surface area (Å²) >= 11 is 1.56. The van der Waals surface area contributed by atoms with Gasteiger partial charge in [0.15, 0.2) is 0 Å². The molecule has 4 rings (SSSR count). The molecule has 1 aliphatic rings. The first-order chi connectivity index (χ1) is 16.2. The number of terminal acetylenes is 1. The second-order valence-electron chi connectivity index (χ2n) is 7.95. The van der Waals surface area contributed by atoms with Crippen molar-refractivity contribution in [3.05, 3.63) is 101 Å². The minimum absolute atomic E-state index is 0.0347. The summed E-state index contributed by atoms with van der Waals surface area (Å²) in [6, 6.07) is 25.4. The highest BCUT2D eigenvalue weighted by molar-refractivity contribution is 8.00. The summed E-state index contributed by atoms with van der Waals surface area (Å²) in [7, 11) is 0. The molecule has 0 spiro atoms. The average molecular weight is 455 g/mol. The zero-order valence-electron chi connectivity index (χ0n) is 18.4. The molecule has 33 heavy (non-hydrogen) atoms. The Morgan fingerprint density at radius 1 is 1.03 bits per heavy atom. The van der Waals surface area contributed by atoms with E-state index in [0.717, 1.165) is 36.1 Å². The molecule has 3 aromatic carbocycles. The zero-order valence-corrected chi connectivity index (χ0v) is 19.2. The van der Waals surface area contributed by atoms with Gasteiger partial charge in [-0.25, -0.2) is 0 Å². The van der Waals surface area contributed by atoms with Crippen LogP contribution in [0.1, 0.15) is 45.3 Å². The summed E-state index contributed by atoms with van der Waals surface area (Å²) in [4.78, 5) is 27.2. The van der Waals surface area contributed by atoms with Crippen molar-refractivity contribution in [2.45, 2.75) is 24.6 Å². The van der Waals surface area contributed by atoms with E-state index < -0.39 is 0 Å². The molecular formula is C28H26N2O2S. The molecule has 0 aromatic heterocycles. The van der Waals surface area contributed by atoms with Crippen molar-refractivity contribution in [1.82, 2.24) is 5.32 Å². The average Bonchev–Trinajstić information content (AvgIpc) is 3.25. The zero-order chi connectivity index (χ0) is 23.0. The third-order valence-electron chi connectivity index (χ3n) is 5.61. The number of rotatable bonds is 8. The van der Waals surface area contributed by atoms with Gasteiger partial charge in [-0.05, 0) is 60.7 Å².